The molecule has 0 aliphatic carbocycles. The SMILES string of the molecule is CCCCCCC(C)(C)CN(c1cccc2c(F)cccc12)c1c(F)c(F)c2c(F)c(F)c3c(F)c(F)c(F)c4c(F)c(F)c1c2c34. The minimum absolute atomic E-state index is 0.0202. The lowest BCUT2D eigenvalue weighted by molar-refractivity contribution is 0.328. The van der Waals surface area contributed by atoms with E-state index in [-0.39, 0.29) is 23.0 Å². The molecule has 0 aliphatic heterocycles. The molecule has 0 aliphatic rings. The van der Waals surface area contributed by atoms with Crippen LogP contribution >= 0.6 is 0 Å². The first-order chi connectivity index (χ1) is 22.2. The summed E-state index contributed by atoms with van der Waals surface area (Å²) in [5.74, 6) is -20.2. The van der Waals surface area contributed by atoms with Gasteiger partial charge in [0.25, 0.3) is 0 Å². The highest BCUT2D eigenvalue weighted by atomic mass is 19.2. The van der Waals surface area contributed by atoms with Crippen LogP contribution in [0.2, 0.25) is 0 Å². The lowest BCUT2D eigenvalue weighted by Crippen LogP contribution is -2.32. The van der Waals surface area contributed by atoms with Crippen molar-refractivity contribution in [2.24, 2.45) is 5.41 Å². The molecule has 0 aromatic heterocycles. The number of anilines is 2. The fourth-order valence-corrected chi connectivity index (χ4v) is 6.67. The normalized spacial score (nSPS) is 12.4. The molecule has 0 heterocycles. The molecule has 0 fully saturated rings. The van der Waals surface area contributed by atoms with E-state index in [2.05, 4.69) is 0 Å². The van der Waals surface area contributed by atoms with Gasteiger partial charge in [-0.05, 0) is 24.0 Å². The molecule has 6 aromatic carbocycles. The van der Waals surface area contributed by atoms with Gasteiger partial charge < -0.3 is 4.90 Å². The van der Waals surface area contributed by atoms with Crippen molar-refractivity contribution in [3.8, 4) is 0 Å². The van der Waals surface area contributed by atoms with Crippen LogP contribution in [-0.2, 0) is 0 Å². The summed E-state index contributed by atoms with van der Waals surface area (Å²) in [6.45, 7) is 5.39. The van der Waals surface area contributed by atoms with Crippen molar-refractivity contribution in [3.63, 3.8) is 0 Å². The van der Waals surface area contributed by atoms with Crippen molar-refractivity contribution >= 4 is 54.5 Å². The summed E-state index contributed by atoms with van der Waals surface area (Å²) in [6, 6.07) is 8.23. The number of unbranched alkanes of at least 4 members (excludes halogenated alkanes) is 3. The molecule has 0 saturated carbocycles. The lowest BCUT2D eigenvalue weighted by atomic mass is 9.85. The van der Waals surface area contributed by atoms with Crippen LogP contribution in [0.4, 0.5) is 55.3 Å². The number of benzene rings is 6. The van der Waals surface area contributed by atoms with Crippen LogP contribution in [0.25, 0.3) is 43.1 Å². The largest absolute Gasteiger partial charge is 0.337 e. The summed E-state index contributed by atoms with van der Waals surface area (Å²) in [4.78, 5) is 1.09. The average molecular weight is 664 g/mol. The summed E-state index contributed by atoms with van der Waals surface area (Å²) in [5.41, 5.74) is -1.74. The van der Waals surface area contributed by atoms with Gasteiger partial charge in [0.15, 0.2) is 52.4 Å². The zero-order valence-corrected chi connectivity index (χ0v) is 25.4. The van der Waals surface area contributed by atoms with E-state index in [9.17, 15) is 8.78 Å². The van der Waals surface area contributed by atoms with Gasteiger partial charge in [-0.25, -0.2) is 43.9 Å². The summed E-state index contributed by atoms with van der Waals surface area (Å²) in [7, 11) is 0. The van der Waals surface area contributed by atoms with Gasteiger partial charge in [0, 0.05) is 39.2 Å². The zero-order chi connectivity index (χ0) is 34.1. The van der Waals surface area contributed by atoms with E-state index in [0.717, 1.165) is 24.2 Å². The van der Waals surface area contributed by atoms with Gasteiger partial charge in [0.2, 0.25) is 0 Å². The average Bonchev–Trinajstić information content (AvgIpc) is 3.03. The second-order valence-corrected chi connectivity index (χ2v) is 12.6. The van der Waals surface area contributed by atoms with Crippen LogP contribution in [-0.4, -0.2) is 6.54 Å². The Morgan fingerprint density at radius 1 is 0.511 bits per heavy atom. The van der Waals surface area contributed by atoms with E-state index >= 15 is 35.1 Å². The Bertz CT molecular complexity index is 2180. The van der Waals surface area contributed by atoms with Crippen molar-refractivity contribution in [1.29, 1.82) is 0 Å². The number of fused-ring (bicyclic) bond motifs is 1. The van der Waals surface area contributed by atoms with Gasteiger partial charge in [0.1, 0.15) is 5.82 Å². The minimum atomic E-state index is -2.41. The smallest absolute Gasteiger partial charge is 0.195 e. The molecule has 6 aromatic rings. The van der Waals surface area contributed by atoms with Crippen molar-refractivity contribution in [2.75, 3.05) is 11.4 Å². The molecule has 0 N–H and O–H groups in total. The maximum Gasteiger partial charge on any atom is 0.195 e. The molecule has 0 spiro atoms. The van der Waals surface area contributed by atoms with Crippen LogP contribution in [0.3, 0.4) is 0 Å². The maximum atomic E-state index is 16.5. The van der Waals surface area contributed by atoms with E-state index in [1.54, 1.807) is 13.8 Å². The van der Waals surface area contributed by atoms with Gasteiger partial charge in [0.05, 0.1) is 21.8 Å². The molecule has 246 valence electrons. The molecule has 1 nitrogen and oxygen atoms in total. The fraction of sp³-hybridized carbons (Fsp3) is 0.278. The van der Waals surface area contributed by atoms with Crippen LogP contribution in [0.15, 0.2) is 36.4 Å². The van der Waals surface area contributed by atoms with Crippen LogP contribution in [0.5, 0.6) is 0 Å². The predicted molar refractivity (Wildman–Crippen MR) is 163 cm³/mol. The Kier molecular flexibility index (Phi) is 8.17. The molecule has 6 rings (SSSR count). The van der Waals surface area contributed by atoms with Gasteiger partial charge in [-0.1, -0.05) is 70.7 Å². The summed E-state index contributed by atoms with van der Waals surface area (Å²) in [6.07, 6.45) is 3.95. The molecule has 0 unspecified atom stereocenters. The topological polar surface area (TPSA) is 3.24 Å². The highest BCUT2D eigenvalue weighted by molar-refractivity contribution is 6.26. The van der Waals surface area contributed by atoms with E-state index < -0.39 is 102 Å². The highest BCUT2D eigenvalue weighted by Gasteiger charge is 2.37. The predicted octanol–water partition coefficient (Wildman–Crippen LogP) is 12.3. The third-order valence-corrected chi connectivity index (χ3v) is 8.89. The van der Waals surface area contributed by atoms with E-state index in [1.807, 2.05) is 6.92 Å². The number of nitrogens with zero attached hydrogens (tertiary/aromatic N) is 1. The monoisotopic (exact) mass is 663 g/mol. The quantitative estimate of drug-likeness (QED) is 0.0644. The second kappa shape index (κ2) is 11.8. The van der Waals surface area contributed by atoms with E-state index in [1.165, 1.54) is 36.4 Å². The Labute approximate surface area is 262 Å². The molecule has 0 amide bonds. The molecular weight excluding hydrogens is 636 g/mol. The second-order valence-electron chi connectivity index (χ2n) is 12.6. The summed E-state index contributed by atoms with van der Waals surface area (Å²) < 4.78 is 155. The highest BCUT2D eigenvalue weighted by Crippen LogP contribution is 2.50. The van der Waals surface area contributed by atoms with Crippen LogP contribution in [0.1, 0.15) is 52.9 Å². The van der Waals surface area contributed by atoms with E-state index in [4.69, 9.17) is 0 Å². The van der Waals surface area contributed by atoms with Crippen molar-refractivity contribution in [3.05, 3.63) is 94.6 Å². The molecule has 0 bridgehead atoms. The first-order valence-corrected chi connectivity index (χ1v) is 15.1. The zero-order valence-electron chi connectivity index (χ0n) is 25.4. The molecule has 0 radical (unpaired) electrons. The van der Waals surface area contributed by atoms with Crippen LogP contribution < -0.4 is 4.90 Å². The maximum absolute atomic E-state index is 16.5. The summed E-state index contributed by atoms with van der Waals surface area (Å²) in [5, 5.41) is -7.97. The van der Waals surface area contributed by atoms with Crippen molar-refractivity contribution < 1.29 is 43.9 Å². The third kappa shape index (κ3) is 4.92. The first-order valence-electron chi connectivity index (χ1n) is 15.1. The van der Waals surface area contributed by atoms with Gasteiger partial charge >= 0.3 is 0 Å². The standard InChI is InChI=1S/C36H27F10N/c1-4-5-6-7-14-36(2,3)15-47(19-13-9-10-16-17(19)11-8-12-18(16)37)35-25-21-20-22(26(38)27(39)24(21)31(43)34(35)46)29(41)33(45)30(42)23(20)28(40)32(25)44/h8-13H,4-7,14-15H2,1-3H3. The van der Waals surface area contributed by atoms with Gasteiger partial charge in [-0.3, -0.25) is 0 Å². The molecule has 47 heavy (non-hydrogen) atoms. The fourth-order valence-electron chi connectivity index (χ4n) is 6.67. The molecule has 0 saturated heterocycles. The first kappa shape index (κ1) is 32.7. The number of hydrogen-bond donors (Lipinski definition) is 0. The van der Waals surface area contributed by atoms with Crippen molar-refractivity contribution in [2.45, 2.75) is 52.9 Å². The molecule has 0 atom stereocenters. The Hall–Kier alpha value is -4.28. The Morgan fingerprint density at radius 3 is 1.60 bits per heavy atom. The van der Waals surface area contributed by atoms with Crippen molar-refractivity contribution in [1.82, 2.24) is 0 Å². The third-order valence-electron chi connectivity index (χ3n) is 8.89. The molecular formula is C36H27F10N. The number of hydrogen-bond acceptors (Lipinski definition) is 1. The lowest BCUT2D eigenvalue weighted by Gasteiger charge is -2.36. The van der Waals surface area contributed by atoms with Gasteiger partial charge in [-0.15, -0.1) is 0 Å². The minimum Gasteiger partial charge on any atom is -0.337 e. The van der Waals surface area contributed by atoms with Gasteiger partial charge in [-0.2, -0.15) is 0 Å². The van der Waals surface area contributed by atoms with Crippen LogP contribution in [0, 0.1) is 63.6 Å². The Balaban J connectivity index is 1.79. The Morgan fingerprint density at radius 2 is 1.00 bits per heavy atom. The number of rotatable bonds is 9. The number of halogens is 10. The summed E-state index contributed by atoms with van der Waals surface area (Å²) >= 11 is 0. The molecule has 11 heteroatoms. The van der Waals surface area contributed by atoms with E-state index in [0.29, 0.717) is 12.8 Å².